The van der Waals surface area contributed by atoms with E-state index in [1.54, 1.807) is 7.11 Å². The molecule has 1 amide bonds. The van der Waals surface area contributed by atoms with Crippen LogP contribution in [0.25, 0.3) is 10.2 Å². The van der Waals surface area contributed by atoms with Gasteiger partial charge in [0.25, 0.3) is 5.91 Å². The molecule has 6 nitrogen and oxygen atoms in total. The van der Waals surface area contributed by atoms with E-state index in [4.69, 9.17) is 15.2 Å². The molecule has 2 heterocycles. The van der Waals surface area contributed by atoms with Crippen LogP contribution in [0, 0.1) is 6.92 Å². The molecule has 0 spiro atoms. The third kappa shape index (κ3) is 2.92. The van der Waals surface area contributed by atoms with Crippen LogP contribution < -0.4 is 11.1 Å². The van der Waals surface area contributed by atoms with Crippen LogP contribution in [0.3, 0.4) is 0 Å². The van der Waals surface area contributed by atoms with Gasteiger partial charge in [0.2, 0.25) is 0 Å². The molecule has 22 heavy (non-hydrogen) atoms. The summed E-state index contributed by atoms with van der Waals surface area (Å²) in [5.41, 5.74) is 8.18. The van der Waals surface area contributed by atoms with E-state index in [0.717, 1.165) is 22.2 Å². The number of aromatic nitrogens is 1. The number of fused-ring (bicyclic) bond motifs is 1. The average molecular weight is 321 g/mol. The summed E-state index contributed by atoms with van der Waals surface area (Å²) in [5.74, 6) is -0.106. The van der Waals surface area contributed by atoms with Crippen LogP contribution in [0.2, 0.25) is 0 Å². The minimum absolute atomic E-state index is 0.0335. The van der Waals surface area contributed by atoms with Crippen LogP contribution in [0.4, 0.5) is 5.13 Å². The number of nitrogens with two attached hydrogens (primary N) is 1. The summed E-state index contributed by atoms with van der Waals surface area (Å²) in [4.78, 5) is 16.8. The van der Waals surface area contributed by atoms with Crippen molar-refractivity contribution in [1.29, 1.82) is 0 Å². The molecule has 1 fully saturated rings. The van der Waals surface area contributed by atoms with E-state index in [2.05, 4.69) is 10.3 Å². The van der Waals surface area contributed by atoms with Crippen LogP contribution in [-0.2, 0) is 9.47 Å². The maximum absolute atomic E-state index is 12.5. The maximum atomic E-state index is 12.5. The Balaban J connectivity index is 1.82. The Hall–Kier alpha value is -1.70. The fourth-order valence-corrected chi connectivity index (χ4v) is 3.56. The Morgan fingerprint density at radius 3 is 3.14 bits per heavy atom. The molecule has 3 N–H and O–H groups in total. The summed E-state index contributed by atoms with van der Waals surface area (Å²) < 4.78 is 11.7. The Labute approximate surface area is 132 Å². The molecule has 1 aromatic carbocycles. The Morgan fingerprint density at radius 2 is 2.36 bits per heavy atom. The van der Waals surface area contributed by atoms with Gasteiger partial charge >= 0.3 is 0 Å². The minimum Gasteiger partial charge on any atom is -0.379 e. The van der Waals surface area contributed by atoms with E-state index in [1.807, 2.05) is 19.1 Å². The van der Waals surface area contributed by atoms with Gasteiger partial charge in [-0.25, -0.2) is 4.98 Å². The van der Waals surface area contributed by atoms with Crippen molar-refractivity contribution >= 4 is 32.6 Å². The number of nitrogens with one attached hydrogen (secondary N) is 1. The van der Waals surface area contributed by atoms with E-state index >= 15 is 0 Å². The molecule has 2 aromatic rings. The highest BCUT2D eigenvalue weighted by atomic mass is 32.1. The Kier molecular flexibility index (Phi) is 4.28. The van der Waals surface area contributed by atoms with E-state index in [-0.39, 0.29) is 18.1 Å². The number of hydrogen-bond donors (Lipinski definition) is 2. The van der Waals surface area contributed by atoms with Crippen molar-refractivity contribution in [2.75, 3.05) is 26.1 Å². The lowest BCUT2D eigenvalue weighted by atomic mass is 10.0. The molecule has 0 bridgehead atoms. The molecule has 2 atom stereocenters. The van der Waals surface area contributed by atoms with Gasteiger partial charge in [0, 0.05) is 19.3 Å². The molecule has 0 unspecified atom stereocenters. The number of benzene rings is 1. The third-order valence-electron chi connectivity index (χ3n) is 3.89. The molecule has 1 saturated heterocycles. The predicted octanol–water partition coefficient (Wildman–Crippen LogP) is 1.72. The molecule has 0 radical (unpaired) electrons. The molecule has 0 aliphatic carbocycles. The lowest BCUT2D eigenvalue weighted by Gasteiger charge is -2.31. The zero-order chi connectivity index (χ0) is 15.7. The third-order valence-corrected chi connectivity index (χ3v) is 4.72. The summed E-state index contributed by atoms with van der Waals surface area (Å²) in [7, 11) is 1.63. The number of nitrogens with zero attached hydrogens (tertiary/aromatic N) is 1. The Bertz CT molecular complexity index is 701. The van der Waals surface area contributed by atoms with Crippen molar-refractivity contribution in [2.24, 2.45) is 0 Å². The standard InChI is InChI=1S/C15H19N3O3S/c1-8-5-9(6-12-13(8)18-15(16)22-12)14(19)17-10-3-4-21-7-11(10)20-2/h5-6,10-11H,3-4,7H2,1-2H3,(H2,16,18)(H,17,19)/t10-,11-/m1/s1. The normalized spacial score (nSPS) is 21.9. The number of carbonyl (C=O) groups is 1. The summed E-state index contributed by atoms with van der Waals surface area (Å²) >= 11 is 1.39. The van der Waals surface area contributed by atoms with E-state index in [1.165, 1.54) is 11.3 Å². The number of aryl methyl sites for hydroxylation is 1. The first-order valence-corrected chi connectivity index (χ1v) is 7.98. The Morgan fingerprint density at radius 1 is 1.55 bits per heavy atom. The molecule has 0 saturated carbocycles. The molecular weight excluding hydrogens is 302 g/mol. The van der Waals surface area contributed by atoms with Crippen LogP contribution in [-0.4, -0.2) is 43.4 Å². The second-order valence-electron chi connectivity index (χ2n) is 5.41. The number of thiazole rings is 1. The molecule has 7 heteroatoms. The van der Waals surface area contributed by atoms with Gasteiger partial charge in [0.1, 0.15) is 6.10 Å². The second-order valence-corrected chi connectivity index (χ2v) is 6.47. The van der Waals surface area contributed by atoms with Crippen LogP contribution in [0.15, 0.2) is 12.1 Å². The van der Waals surface area contributed by atoms with Crippen molar-refractivity contribution in [1.82, 2.24) is 10.3 Å². The fraction of sp³-hybridized carbons (Fsp3) is 0.467. The van der Waals surface area contributed by atoms with Crippen molar-refractivity contribution in [3.63, 3.8) is 0 Å². The number of carbonyl (C=O) groups excluding carboxylic acids is 1. The van der Waals surface area contributed by atoms with Crippen LogP contribution in [0.1, 0.15) is 22.3 Å². The van der Waals surface area contributed by atoms with Crippen molar-refractivity contribution < 1.29 is 14.3 Å². The molecule has 1 aliphatic rings. The number of hydrogen-bond acceptors (Lipinski definition) is 6. The number of nitrogen functional groups attached to an aromatic ring is 1. The summed E-state index contributed by atoms with van der Waals surface area (Å²) in [6, 6.07) is 3.65. The van der Waals surface area contributed by atoms with Gasteiger partial charge in [-0.2, -0.15) is 0 Å². The molecule has 3 rings (SSSR count). The first kappa shape index (κ1) is 15.2. The monoisotopic (exact) mass is 321 g/mol. The van der Waals surface area contributed by atoms with Gasteiger partial charge in [-0.15, -0.1) is 0 Å². The molecule has 1 aliphatic heterocycles. The highest BCUT2D eigenvalue weighted by molar-refractivity contribution is 7.22. The minimum atomic E-state index is -0.110. The largest absolute Gasteiger partial charge is 0.379 e. The van der Waals surface area contributed by atoms with E-state index < -0.39 is 0 Å². The van der Waals surface area contributed by atoms with Gasteiger partial charge < -0.3 is 20.5 Å². The molecular formula is C15H19N3O3S. The number of anilines is 1. The van der Waals surface area contributed by atoms with Crippen molar-refractivity contribution in [3.8, 4) is 0 Å². The van der Waals surface area contributed by atoms with Gasteiger partial charge in [0.05, 0.1) is 22.9 Å². The summed E-state index contributed by atoms with van der Waals surface area (Å²) in [6.45, 7) is 3.07. The molecule has 1 aromatic heterocycles. The maximum Gasteiger partial charge on any atom is 0.251 e. The lowest BCUT2D eigenvalue weighted by molar-refractivity contribution is -0.0479. The summed E-state index contributed by atoms with van der Waals surface area (Å²) in [5, 5.41) is 3.56. The highest BCUT2D eigenvalue weighted by Gasteiger charge is 2.27. The van der Waals surface area contributed by atoms with Gasteiger partial charge in [-0.3, -0.25) is 4.79 Å². The number of amides is 1. The average Bonchev–Trinajstić information content (AvgIpc) is 2.88. The second kappa shape index (κ2) is 6.20. The quantitative estimate of drug-likeness (QED) is 0.899. The number of ether oxygens (including phenoxy) is 2. The summed E-state index contributed by atoms with van der Waals surface area (Å²) in [6.07, 6.45) is 0.639. The van der Waals surface area contributed by atoms with Crippen molar-refractivity contribution in [3.05, 3.63) is 23.3 Å². The van der Waals surface area contributed by atoms with Gasteiger partial charge in [-0.05, 0) is 31.0 Å². The zero-order valence-electron chi connectivity index (χ0n) is 12.6. The zero-order valence-corrected chi connectivity index (χ0v) is 13.4. The number of methoxy groups -OCH3 is 1. The van der Waals surface area contributed by atoms with Gasteiger partial charge in [0.15, 0.2) is 5.13 Å². The smallest absolute Gasteiger partial charge is 0.251 e. The predicted molar refractivity (Wildman–Crippen MR) is 86.3 cm³/mol. The SMILES string of the molecule is CO[C@@H]1COCC[C@H]1NC(=O)c1cc(C)c2nc(N)sc2c1. The van der Waals surface area contributed by atoms with Crippen molar-refractivity contribution in [2.45, 2.75) is 25.5 Å². The van der Waals surface area contributed by atoms with Gasteiger partial charge in [-0.1, -0.05) is 11.3 Å². The highest BCUT2D eigenvalue weighted by Crippen LogP contribution is 2.27. The van der Waals surface area contributed by atoms with E-state index in [0.29, 0.717) is 23.9 Å². The number of rotatable bonds is 3. The first-order chi connectivity index (χ1) is 10.6. The van der Waals surface area contributed by atoms with Crippen LogP contribution in [0.5, 0.6) is 0 Å². The topological polar surface area (TPSA) is 86.5 Å². The van der Waals surface area contributed by atoms with E-state index in [9.17, 15) is 4.79 Å². The molecule has 118 valence electrons. The fourth-order valence-electron chi connectivity index (χ4n) is 2.71. The first-order valence-electron chi connectivity index (χ1n) is 7.16. The van der Waals surface area contributed by atoms with Crippen LogP contribution >= 0.6 is 11.3 Å². The lowest BCUT2D eigenvalue weighted by Crippen LogP contribution is -2.49.